The van der Waals surface area contributed by atoms with E-state index in [9.17, 15) is 4.79 Å². The topological polar surface area (TPSA) is 59.2 Å². The molecule has 0 aliphatic heterocycles. The first-order chi connectivity index (χ1) is 13.2. The largest absolute Gasteiger partial charge is 0.368 e. The number of pyridine rings is 1. The fraction of sp³-hybridized carbons (Fsp3) is 0.217. The summed E-state index contributed by atoms with van der Waals surface area (Å²) in [4.78, 5) is 18.9. The first-order valence-electron chi connectivity index (χ1n) is 9.26. The van der Waals surface area contributed by atoms with Gasteiger partial charge in [-0.2, -0.15) is 0 Å². The molecule has 2 atom stereocenters. The molecule has 0 bridgehead atoms. The molecular formula is C23H22N3O. The minimum absolute atomic E-state index is 0.131. The molecule has 1 aromatic heterocycles. The minimum atomic E-state index is -0.440. The third kappa shape index (κ3) is 3.56. The van der Waals surface area contributed by atoms with E-state index in [0.717, 1.165) is 30.6 Å². The zero-order valence-corrected chi connectivity index (χ0v) is 15.1. The Morgan fingerprint density at radius 2 is 1.93 bits per heavy atom. The summed E-state index contributed by atoms with van der Waals surface area (Å²) in [6.45, 7) is 0. The Hall–Kier alpha value is -3.14. The number of amides is 1. The van der Waals surface area contributed by atoms with Gasteiger partial charge in [-0.25, -0.2) is 0 Å². The average Bonchev–Trinajstić information content (AvgIpc) is 2.72. The molecule has 4 nitrogen and oxygen atoms in total. The number of nitrogens with two attached hydrogens (primary N) is 1. The molecule has 4 rings (SSSR count). The van der Waals surface area contributed by atoms with Crippen molar-refractivity contribution in [1.82, 2.24) is 4.98 Å². The Morgan fingerprint density at radius 3 is 2.67 bits per heavy atom. The molecule has 0 saturated carbocycles. The summed E-state index contributed by atoms with van der Waals surface area (Å²) in [6, 6.07) is 22.8. The summed E-state index contributed by atoms with van der Waals surface area (Å²) >= 11 is 0. The predicted octanol–water partition coefficient (Wildman–Crippen LogP) is 3.68. The third-order valence-electron chi connectivity index (χ3n) is 5.26. The van der Waals surface area contributed by atoms with Gasteiger partial charge in [-0.05, 0) is 66.6 Å². The maximum Gasteiger partial charge on any atom is 0.240 e. The first kappa shape index (κ1) is 17.3. The maximum absolute atomic E-state index is 12.7. The number of aryl methyl sites for hydroxylation is 1. The van der Waals surface area contributed by atoms with Crippen LogP contribution in [-0.2, 0) is 17.6 Å². The van der Waals surface area contributed by atoms with Gasteiger partial charge in [0.15, 0.2) is 0 Å². The van der Waals surface area contributed by atoms with Crippen LogP contribution in [0.25, 0.3) is 0 Å². The monoisotopic (exact) mass is 356 g/mol. The lowest BCUT2D eigenvalue weighted by Crippen LogP contribution is -2.49. The lowest BCUT2D eigenvalue weighted by Gasteiger charge is -2.38. The molecule has 2 N–H and O–H groups in total. The smallest absolute Gasteiger partial charge is 0.240 e. The van der Waals surface area contributed by atoms with Crippen molar-refractivity contribution in [2.75, 3.05) is 4.90 Å². The van der Waals surface area contributed by atoms with E-state index in [1.54, 1.807) is 12.4 Å². The predicted molar refractivity (Wildman–Crippen MR) is 107 cm³/mol. The van der Waals surface area contributed by atoms with Gasteiger partial charge in [0, 0.05) is 11.9 Å². The second kappa shape index (κ2) is 7.62. The van der Waals surface area contributed by atoms with Gasteiger partial charge in [0.25, 0.3) is 0 Å². The van der Waals surface area contributed by atoms with Crippen molar-refractivity contribution in [3.63, 3.8) is 0 Å². The SMILES string of the molecule is NC(=O)C(C1CCc2[c]cccc2C1)N(c1ccccc1)c1cccnc1. The van der Waals surface area contributed by atoms with Crippen molar-refractivity contribution in [3.8, 4) is 0 Å². The number of anilines is 2. The van der Waals surface area contributed by atoms with Gasteiger partial charge in [0.1, 0.15) is 6.04 Å². The number of nitrogens with zero attached hydrogens (tertiary/aromatic N) is 2. The van der Waals surface area contributed by atoms with Gasteiger partial charge in [0.05, 0.1) is 11.9 Å². The zero-order chi connectivity index (χ0) is 18.6. The summed E-state index contributed by atoms with van der Waals surface area (Å²) in [6.07, 6.45) is 6.17. The highest BCUT2D eigenvalue weighted by molar-refractivity contribution is 5.87. The molecule has 0 spiro atoms. The molecule has 3 aromatic rings. The van der Waals surface area contributed by atoms with Crippen LogP contribution >= 0.6 is 0 Å². The molecule has 1 aliphatic carbocycles. The summed E-state index contributed by atoms with van der Waals surface area (Å²) < 4.78 is 0. The average molecular weight is 356 g/mol. The molecule has 1 amide bonds. The molecular weight excluding hydrogens is 334 g/mol. The number of carbonyl (C=O) groups excluding carboxylic acids is 1. The van der Waals surface area contributed by atoms with Crippen molar-refractivity contribution >= 4 is 17.3 Å². The minimum Gasteiger partial charge on any atom is -0.368 e. The number of fused-ring (bicyclic) bond motifs is 1. The number of primary amides is 1. The molecule has 0 saturated heterocycles. The van der Waals surface area contributed by atoms with E-state index in [0.29, 0.717) is 0 Å². The number of benzene rings is 2. The molecule has 0 fully saturated rings. The van der Waals surface area contributed by atoms with E-state index >= 15 is 0 Å². The second-order valence-corrected chi connectivity index (χ2v) is 6.94. The Balaban J connectivity index is 1.75. The van der Waals surface area contributed by atoms with Crippen LogP contribution in [0.1, 0.15) is 17.5 Å². The van der Waals surface area contributed by atoms with Crippen molar-refractivity contribution in [3.05, 3.63) is 90.3 Å². The van der Waals surface area contributed by atoms with Crippen LogP contribution in [0.4, 0.5) is 11.4 Å². The van der Waals surface area contributed by atoms with Crippen molar-refractivity contribution in [2.45, 2.75) is 25.3 Å². The van der Waals surface area contributed by atoms with Gasteiger partial charge in [-0.1, -0.05) is 36.4 Å². The molecule has 1 aliphatic rings. The molecule has 135 valence electrons. The summed E-state index contributed by atoms with van der Waals surface area (Å²) in [5, 5.41) is 0. The quantitative estimate of drug-likeness (QED) is 0.759. The normalized spacial score (nSPS) is 17.0. The van der Waals surface area contributed by atoms with Crippen LogP contribution < -0.4 is 10.6 Å². The first-order valence-corrected chi connectivity index (χ1v) is 9.26. The van der Waals surface area contributed by atoms with Crippen LogP contribution in [0.15, 0.2) is 73.1 Å². The number of para-hydroxylation sites is 1. The number of hydrogen-bond acceptors (Lipinski definition) is 3. The van der Waals surface area contributed by atoms with Gasteiger partial charge in [-0.3, -0.25) is 9.78 Å². The molecule has 1 radical (unpaired) electrons. The maximum atomic E-state index is 12.7. The van der Waals surface area contributed by atoms with E-state index in [-0.39, 0.29) is 11.8 Å². The van der Waals surface area contributed by atoms with Gasteiger partial charge in [-0.15, -0.1) is 0 Å². The van der Waals surface area contributed by atoms with E-state index in [1.807, 2.05) is 59.5 Å². The van der Waals surface area contributed by atoms with E-state index in [1.165, 1.54) is 11.1 Å². The Morgan fingerprint density at radius 1 is 1.11 bits per heavy atom. The fourth-order valence-electron chi connectivity index (χ4n) is 4.04. The lowest BCUT2D eigenvalue weighted by atomic mass is 9.79. The fourth-order valence-corrected chi connectivity index (χ4v) is 4.04. The van der Waals surface area contributed by atoms with Crippen LogP contribution in [0.2, 0.25) is 0 Å². The zero-order valence-electron chi connectivity index (χ0n) is 15.1. The number of rotatable bonds is 5. The molecule has 2 aromatic carbocycles. The second-order valence-electron chi connectivity index (χ2n) is 6.94. The van der Waals surface area contributed by atoms with Crippen LogP contribution in [-0.4, -0.2) is 16.9 Å². The number of hydrogen-bond donors (Lipinski definition) is 1. The van der Waals surface area contributed by atoms with E-state index < -0.39 is 6.04 Å². The standard InChI is InChI=1S/C23H22N3O/c24-23(27)22(19-13-12-17-7-4-5-8-18(17)15-19)26(20-9-2-1-3-10-20)21-11-6-14-25-16-21/h1-6,8-11,14,16,19,22H,12-13,15H2,(H2,24,27). The van der Waals surface area contributed by atoms with Gasteiger partial charge in [0.2, 0.25) is 5.91 Å². The lowest BCUT2D eigenvalue weighted by molar-refractivity contribution is -0.120. The Bertz CT molecular complexity index is 872. The molecule has 4 heteroatoms. The van der Waals surface area contributed by atoms with Gasteiger partial charge >= 0.3 is 0 Å². The van der Waals surface area contributed by atoms with Crippen LogP contribution in [0.3, 0.4) is 0 Å². The van der Waals surface area contributed by atoms with Crippen molar-refractivity contribution < 1.29 is 4.79 Å². The van der Waals surface area contributed by atoms with Gasteiger partial charge < -0.3 is 10.6 Å². The third-order valence-corrected chi connectivity index (χ3v) is 5.26. The summed E-state index contributed by atoms with van der Waals surface area (Å²) in [5.74, 6) is -0.178. The Labute approximate surface area is 159 Å². The highest BCUT2D eigenvalue weighted by Gasteiger charge is 2.35. The number of aromatic nitrogens is 1. The van der Waals surface area contributed by atoms with Crippen molar-refractivity contribution in [1.29, 1.82) is 0 Å². The van der Waals surface area contributed by atoms with Crippen LogP contribution in [0, 0.1) is 12.0 Å². The van der Waals surface area contributed by atoms with E-state index in [4.69, 9.17) is 5.73 Å². The highest BCUT2D eigenvalue weighted by atomic mass is 16.1. The molecule has 2 unspecified atom stereocenters. The number of carbonyl (C=O) groups is 1. The highest BCUT2D eigenvalue weighted by Crippen LogP contribution is 2.35. The van der Waals surface area contributed by atoms with E-state index in [2.05, 4.69) is 17.1 Å². The summed E-state index contributed by atoms with van der Waals surface area (Å²) in [7, 11) is 0. The molecule has 1 heterocycles. The van der Waals surface area contributed by atoms with Crippen molar-refractivity contribution in [2.24, 2.45) is 11.7 Å². The Kier molecular flexibility index (Phi) is 4.88. The molecule has 27 heavy (non-hydrogen) atoms. The summed E-state index contributed by atoms with van der Waals surface area (Å²) in [5.41, 5.74) is 10.3. The van der Waals surface area contributed by atoms with Crippen LogP contribution in [0.5, 0.6) is 0 Å².